The molecule has 3 heterocycles. The summed E-state index contributed by atoms with van der Waals surface area (Å²) in [7, 11) is 0. The highest BCUT2D eigenvalue weighted by atomic mass is 32.2. The minimum absolute atomic E-state index is 0.0351. The zero-order chi connectivity index (χ0) is 16.8. The SMILES string of the molecule is O=C(Nc1ccncc1NC(=O)C1CCSCC1)C1CCSCC1. The van der Waals surface area contributed by atoms with Crippen LogP contribution < -0.4 is 10.6 Å². The third-order valence-corrected chi connectivity index (χ3v) is 6.62. The minimum atomic E-state index is 0.0351. The van der Waals surface area contributed by atoms with Crippen LogP contribution >= 0.6 is 23.5 Å². The Morgan fingerprint density at radius 1 is 0.875 bits per heavy atom. The molecule has 0 bridgehead atoms. The standard InChI is InChI=1S/C17H23N3O2S2/c21-16(12-2-7-23-8-3-12)19-14-1-6-18-11-15(14)20-17(22)13-4-9-24-10-5-13/h1,6,11-13H,2-5,7-10H2,(H,20,22)(H,18,19,21). The Morgan fingerprint density at radius 3 is 1.92 bits per heavy atom. The van der Waals surface area contributed by atoms with E-state index in [1.54, 1.807) is 18.5 Å². The number of thioether (sulfide) groups is 2. The summed E-state index contributed by atoms with van der Waals surface area (Å²) in [5.41, 5.74) is 1.24. The number of pyridine rings is 1. The van der Waals surface area contributed by atoms with Crippen molar-refractivity contribution in [3.8, 4) is 0 Å². The van der Waals surface area contributed by atoms with Crippen LogP contribution in [0, 0.1) is 11.8 Å². The Balaban J connectivity index is 1.63. The predicted molar refractivity (Wildman–Crippen MR) is 102 cm³/mol. The van der Waals surface area contributed by atoms with E-state index < -0.39 is 0 Å². The van der Waals surface area contributed by atoms with Crippen LogP contribution in [0.4, 0.5) is 11.4 Å². The van der Waals surface area contributed by atoms with Crippen molar-refractivity contribution in [1.82, 2.24) is 4.98 Å². The lowest BCUT2D eigenvalue weighted by Crippen LogP contribution is -2.28. The maximum absolute atomic E-state index is 12.5. The number of hydrogen-bond acceptors (Lipinski definition) is 5. The minimum Gasteiger partial charge on any atom is -0.324 e. The molecule has 3 rings (SSSR count). The first-order chi connectivity index (χ1) is 11.7. The molecule has 24 heavy (non-hydrogen) atoms. The summed E-state index contributed by atoms with van der Waals surface area (Å²) >= 11 is 3.80. The van der Waals surface area contributed by atoms with E-state index in [1.165, 1.54) is 0 Å². The number of anilines is 2. The molecule has 2 aliphatic rings. The third kappa shape index (κ3) is 4.66. The van der Waals surface area contributed by atoms with Crippen molar-refractivity contribution >= 4 is 46.7 Å². The van der Waals surface area contributed by atoms with Crippen molar-refractivity contribution in [3.05, 3.63) is 18.5 Å². The van der Waals surface area contributed by atoms with E-state index in [-0.39, 0.29) is 23.7 Å². The van der Waals surface area contributed by atoms with E-state index in [4.69, 9.17) is 0 Å². The van der Waals surface area contributed by atoms with Crippen molar-refractivity contribution < 1.29 is 9.59 Å². The Morgan fingerprint density at radius 2 is 1.38 bits per heavy atom. The number of rotatable bonds is 4. The maximum atomic E-state index is 12.5. The normalized spacial score (nSPS) is 19.7. The zero-order valence-electron chi connectivity index (χ0n) is 13.6. The summed E-state index contributed by atoms with van der Waals surface area (Å²) in [4.78, 5) is 29.0. The summed E-state index contributed by atoms with van der Waals surface area (Å²) in [6.07, 6.45) is 6.92. The molecule has 0 radical (unpaired) electrons. The lowest BCUT2D eigenvalue weighted by atomic mass is 10.0. The van der Waals surface area contributed by atoms with E-state index in [2.05, 4.69) is 15.6 Å². The first-order valence-electron chi connectivity index (χ1n) is 8.45. The van der Waals surface area contributed by atoms with E-state index in [1.807, 2.05) is 23.5 Å². The molecule has 2 fully saturated rings. The second kappa shape index (κ2) is 8.76. The number of hydrogen-bond donors (Lipinski definition) is 2. The van der Waals surface area contributed by atoms with Gasteiger partial charge < -0.3 is 10.6 Å². The molecule has 2 amide bonds. The molecular formula is C17H23N3O2S2. The lowest BCUT2D eigenvalue weighted by molar-refractivity contribution is -0.121. The summed E-state index contributed by atoms with van der Waals surface area (Å²) < 4.78 is 0. The highest BCUT2D eigenvalue weighted by molar-refractivity contribution is 7.99. The molecule has 0 saturated carbocycles. The average molecular weight is 366 g/mol. The summed E-state index contributed by atoms with van der Waals surface area (Å²) in [6, 6.07) is 1.75. The average Bonchev–Trinajstić information content (AvgIpc) is 2.64. The maximum Gasteiger partial charge on any atom is 0.227 e. The number of aromatic nitrogens is 1. The molecule has 2 saturated heterocycles. The zero-order valence-corrected chi connectivity index (χ0v) is 15.3. The van der Waals surface area contributed by atoms with Crippen LogP contribution in [0.15, 0.2) is 18.5 Å². The Kier molecular flexibility index (Phi) is 6.43. The largest absolute Gasteiger partial charge is 0.324 e. The molecule has 1 aromatic heterocycles. The van der Waals surface area contributed by atoms with Crippen LogP contribution in [0.25, 0.3) is 0 Å². The van der Waals surface area contributed by atoms with Crippen LogP contribution in [0.5, 0.6) is 0 Å². The summed E-state index contributed by atoms with van der Waals surface area (Å²) in [5.74, 6) is 4.36. The monoisotopic (exact) mass is 365 g/mol. The highest BCUT2D eigenvalue weighted by Crippen LogP contribution is 2.28. The highest BCUT2D eigenvalue weighted by Gasteiger charge is 2.24. The first-order valence-corrected chi connectivity index (χ1v) is 10.8. The number of nitrogens with one attached hydrogen (secondary N) is 2. The van der Waals surface area contributed by atoms with Gasteiger partial charge >= 0.3 is 0 Å². The Bertz CT molecular complexity index is 534. The van der Waals surface area contributed by atoms with Crippen LogP contribution in [0.1, 0.15) is 25.7 Å². The van der Waals surface area contributed by atoms with Crippen molar-refractivity contribution in [3.63, 3.8) is 0 Å². The van der Waals surface area contributed by atoms with Crippen molar-refractivity contribution in [2.24, 2.45) is 11.8 Å². The predicted octanol–water partition coefficient (Wildman–Crippen LogP) is 3.25. The van der Waals surface area contributed by atoms with Gasteiger partial charge in [-0.15, -0.1) is 0 Å². The second-order valence-electron chi connectivity index (χ2n) is 6.17. The van der Waals surface area contributed by atoms with E-state index in [0.29, 0.717) is 11.4 Å². The number of carbonyl (C=O) groups is 2. The third-order valence-electron chi connectivity index (χ3n) is 4.52. The van der Waals surface area contributed by atoms with Gasteiger partial charge in [-0.3, -0.25) is 14.6 Å². The molecule has 0 atom stereocenters. The fourth-order valence-electron chi connectivity index (χ4n) is 2.99. The van der Waals surface area contributed by atoms with Gasteiger partial charge in [0, 0.05) is 18.0 Å². The lowest BCUT2D eigenvalue weighted by Gasteiger charge is -2.23. The molecule has 0 unspecified atom stereocenters. The quantitative estimate of drug-likeness (QED) is 0.857. The van der Waals surface area contributed by atoms with Gasteiger partial charge in [0.1, 0.15) is 0 Å². The smallest absolute Gasteiger partial charge is 0.227 e. The van der Waals surface area contributed by atoms with Gasteiger partial charge in [-0.25, -0.2) is 0 Å². The number of amides is 2. The van der Waals surface area contributed by atoms with Crippen molar-refractivity contribution in [2.75, 3.05) is 33.6 Å². The molecule has 130 valence electrons. The summed E-state index contributed by atoms with van der Waals surface area (Å²) in [6.45, 7) is 0. The number of nitrogens with zero attached hydrogens (tertiary/aromatic N) is 1. The van der Waals surface area contributed by atoms with Gasteiger partial charge in [0.25, 0.3) is 0 Å². The fraction of sp³-hybridized carbons (Fsp3) is 0.588. The molecule has 5 nitrogen and oxygen atoms in total. The van der Waals surface area contributed by atoms with Crippen LogP contribution in [-0.2, 0) is 9.59 Å². The second-order valence-corrected chi connectivity index (χ2v) is 8.62. The molecule has 0 aromatic carbocycles. The van der Waals surface area contributed by atoms with E-state index in [9.17, 15) is 9.59 Å². The van der Waals surface area contributed by atoms with Gasteiger partial charge in [0.15, 0.2) is 0 Å². The molecule has 0 aliphatic carbocycles. The van der Waals surface area contributed by atoms with Gasteiger partial charge in [-0.1, -0.05) is 0 Å². The topological polar surface area (TPSA) is 71.1 Å². The molecule has 0 spiro atoms. The molecular weight excluding hydrogens is 342 g/mol. The van der Waals surface area contributed by atoms with E-state index in [0.717, 1.165) is 48.7 Å². The van der Waals surface area contributed by atoms with Gasteiger partial charge in [-0.2, -0.15) is 23.5 Å². The Hall–Kier alpha value is -1.21. The number of carbonyl (C=O) groups excluding carboxylic acids is 2. The van der Waals surface area contributed by atoms with Gasteiger partial charge in [-0.05, 0) is 54.8 Å². The van der Waals surface area contributed by atoms with Crippen molar-refractivity contribution in [2.45, 2.75) is 25.7 Å². The van der Waals surface area contributed by atoms with Gasteiger partial charge in [0.2, 0.25) is 11.8 Å². The van der Waals surface area contributed by atoms with Crippen molar-refractivity contribution in [1.29, 1.82) is 0 Å². The van der Waals surface area contributed by atoms with E-state index >= 15 is 0 Å². The molecule has 1 aromatic rings. The van der Waals surface area contributed by atoms with Crippen LogP contribution in [-0.4, -0.2) is 39.8 Å². The Labute approximate surface area is 151 Å². The summed E-state index contributed by atoms with van der Waals surface area (Å²) in [5, 5.41) is 5.94. The molecule has 2 N–H and O–H groups in total. The van der Waals surface area contributed by atoms with Crippen LogP contribution in [0.2, 0.25) is 0 Å². The van der Waals surface area contributed by atoms with Gasteiger partial charge in [0.05, 0.1) is 17.6 Å². The first kappa shape index (κ1) is 17.6. The van der Waals surface area contributed by atoms with Crippen LogP contribution in [0.3, 0.4) is 0 Å². The molecule has 2 aliphatic heterocycles. The molecule has 7 heteroatoms. The fourth-order valence-corrected chi connectivity index (χ4v) is 5.21.